The number of hydrogen-bond acceptors (Lipinski definition) is 5. The molecule has 3 heterocycles. The molecule has 2 aromatic carbocycles. The summed E-state index contributed by atoms with van der Waals surface area (Å²) in [4.78, 5) is 13.5. The van der Waals surface area contributed by atoms with Crippen LogP contribution in [0, 0.1) is 6.92 Å². The van der Waals surface area contributed by atoms with Crippen LogP contribution in [0.3, 0.4) is 0 Å². The van der Waals surface area contributed by atoms with E-state index in [4.69, 9.17) is 9.40 Å². The summed E-state index contributed by atoms with van der Waals surface area (Å²) in [6.45, 7) is 2.65. The highest BCUT2D eigenvalue weighted by molar-refractivity contribution is 6.05. The van der Waals surface area contributed by atoms with Gasteiger partial charge in [-0.05, 0) is 30.7 Å². The van der Waals surface area contributed by atoms with Gasteiger partial charge >= 0.3 is 0 Å². The molecule has 0 aliphatic heterocycles. The van der Waals surface area contributed by atoms with Crippen molar-refractivity contribution < 1.29 is 4.42 Å². The van der Waals surface area contributed by atoms with Crippen LogP contribution in [0.25, 0.3) is 33.1 Å². The first kappa shape index (κ1) is 14.9. The van der Waals surface area contributed by atoms with E-state index in [0.717, 1.165) is 33.3 Å². The molecule has 0 fully saturated rings. The van der Waals surface area contributed by atoms with Crippen molar-refractivity contribution in [1.82, 2.24) is 19.5 Å². The average molecular weight is 343 g/mol. The second-order valence-corrected chi connectivity index (χ2v) is 6.38. The van der Waals surface area contributed by atoms with Gasteiger partial charge in [-0.1, -0.05) is 24.3 Å². The quantitative estimate of drug-likeness (QED) is 0.532. The predicted molar refractivity (Wildman–Crippen MR) is 102 cm³/mol. The molecule has 6 heteroatoms. The molecule has 0 aliphatic rings. The Labute approximate surface area is 149 Å². The van der Waals surface area contributed by atoms with Gasteiger partial charge in [-0.2, -0.15) is 0 Å². The molecule has 0 atom stereocenters. The molecule has 6 nitrogen and oxygen atoms in total. The molecule has 0 radical (unpaired) electrons. The molecule has 0 aliphatic carbocycles. The van der Waals surface area contributed by atoms with Crippen molar-refractivity contribution >= 4 is 38.9 Å². The van der Waals surface area contributed by atoms with E-state index in [1.807, 2.05) is 43.4 Å². The van der Waals surface area contributed by atoms with Gasteiger partial charge in [0.05, 0.1) is 17.6 Å². The molecular weight excluding hydrogens is 326 g/mol. The van der Waals surface area contributed by atoms with Crippen molar-refractivity contribution in [3.63, 3.8) is 0 Å². The number of nitrogens with one attached hydrogen (secondary N) is 1. The van der Waals surface area contributed by atoms with E-state index in [1.54, 1.807) is 6.33 Å². The molecule has 0 bridgehead atoms. The number of aryl methyl sites for hydroxylation is 2. The fraction of sp³-hybridized carbons (Fsp3) is 0.150. The summed E-state index contributed by atoms with van der Waals surface area (Å²) >= 11 is 0. The standard InChI is InChI=1S/C20H17N5O/c1-12-6-5-8-14-18(12)25(2)16(24-14)10-21-20-19-17(22-11-23-20)13-7-3-4-9-15(13)26-19/h3-9,11H,10H2,1-2H3,(H,21,22,23). The molecule has 0 amide bonds. The average Bonchev–Trinajstić information content (AvgIpc) is 3.19. The topological polar surface area (TPSA) is 68.8 Å². The second-order valence-electron chi connectivity index (χ2n) is 6.38. The maximum absolute atomic E-state index is 5.97. The van der Waals surface area contributed by atoms with E-state index in [9.17, 15) is 0 Å². The number of para-hydroxylation sites is 2. The maximum atomic E-state index is 5.97. The molecule has 5 aromatic rings. The predicted octanol–water partition coefficient (Wildman–Crippen LogP) is 4.18. The highest BCUT2D eigenvalue weighted by Gasteiger charge is 2.14. The Kier molecular flexibility index (Phi) is 3.18. The first-order valence-corrected chi connectivity index (χ1v) is 8.49. The number of benzene rings is 2. The van der Waals surface area contributed by atoms with Crippen molar-refractivity contribution in [3.05, 3.63) is 60.2 Å². The Morgan fingerprint density at radius 3 is 2.85 bits per heavy atom. The van der Waals surface area contributed by atoms with Crippen LogP contribution >= 0.6 is 0 Å². The molecule has 128 valence electrons. The second kappa shape index (κ2) is 5.56. The fourth-order valence-electron chi connectivity index (χ4n) is 3.48. The van der Waals surface area contributed by atoms with Crippen molar-refractivity contribution in [3.8, 4) is 0 Å². The van der Waals surface area contributed by atoms with Crippen molar-refractivity contribution in [2.75, 3.05) is 5.32 Å². The molecule has 1 N–H and O–H groups in total. The summed E-state index contributed by atoms with van der Waals surface area (Å²) in [5.74, 6) is 1.62. The molecular formula is C20H17N5O. The minimum Gasteiger partial charge on any atom is -0.450 e. The summed E-state index contributed by atoms with van der Waals surface area (Å²) < 4.78 is 8.09. The number of imidazole rings is 1. The van der Waals surface area contributed by atoms with Gasteiger partial charge in [0.15, 0.2) is 11.4 Å². The number of hydrogen-bond donors (Lipinski definition) is 1. The van der Waals surface area contributed by atoms with Crippen molar-refractivity contribution in [2.45, 2.75) is 13.5 Å². The zero-order chi connectivity index (χ0) is 17.7. The SMILES string of the molecule is Cc1cccc2nc(CNc3ncnc4c3oc3ccccc34)n(C)c12. The van der Waals surface area contributed by atoms with Gasteiger partial charge in [-0.3, -0.25) is 0 Å². The molecule has 0 unspecified atom stereocenters. The summed E-state index contributed by atoms with van der Waals surface area (Å²) in [6, 6.07) is 14.0. The largest absolute Gasteiger partial charge is 0.450 e. The lowest BCUT2D eigenvalue weighted by Gasteiger charge is -2.06. The Morgan fingerprint density at radius 2 is 1.96 bits per heavy atom. The highest BCUT2D eigenvalue weighted by Crippen LogP contribution is 2.30. The summed E-state index contributed by atoms with van der Waals surface area (Å²) in [7, 11) is 2.04. The van der Waals surface area contributed by atoms with Crippen LogP contribution in [0.4, 0.5) is 5.82 Å². The van der Waals surface area contributed by atoms with Gasteiger partial charge in [0.25, 0.3) is 0 Å². The van der Waals surface area contributed by atoms with E-state index < -0.39 is 0 Å². The zero-order valence-corrected chi connectivity index (χ0v) is 14.5. The Hall–Kier alpha value is -3.41. The normalized spacial score (nSPS) is 11.6. The number of nitrogens with zero attached hydrogens (tertiary/aromatic N) is 4. The lowest BCUT2D eigenvalue weighted by Crippen LogP contribution is -2.07. The fourth-order valence-corrected chi connectivity index (χ4v) is 3.48. The third-order valence-electron chi connectivity index (χ3n) is 4.76. The van der Waals surface area contributed by atoms with Gasteiger partial charge in [0, 0.05) is 12.4 Å². The first-order valence-electron chi connectivity index (χ1n) is 8.49. The van der Waals surface area contributed by atoms with Crippen molar-refractivity contribution in [2.24, 2.45) is 7.05 Å². The number of fused-ring (bicyclic) bond motifs is 4. The van der Waals surface area contributed by atoms with Crippen LogP contribution in [0.2, 0.25) is 0 Å². The molecule has 3 aromatic heterocycles. The Bertz CT molecular complexity index is 1270. The Balaban J connectivity index is 1.54. The summed E-state index contributed by atoms with van der Waals surface area (Å²) in [5.41, 5.74) is 5.67. The number of aromatic nitrogens is 4. The van der Waals surface area contributed by atoms with E-state index in [-0.39, 0.29) is 0 Å². The van der Waals surface area contributed by atoms with Gasteiger partial charge in [0.1, 0.15) is 23.3 Å². The summed E-state index contributed by atoms with van der Waals surface area (Å²) in [6.07, 6.45) is 1.56. The number of furan rings is 1. The molecule has 0 spiro atoms. The van der Waals surface area contributed by atoms with Gasteiger partial charge in [-0.25, -0.2) is 15.0 Å². The van der Waals surface area contributed by atoms with Crippen LogP contribution in [0.15, 0.2) is 53.2 Å². The molecule has 0 saturated carbocycles. The molecule has 26 heavy (non-hydrogen) atoms. The van der Waals surface area contributed by atoms with Crippen LogP contribution < -0.4 is 5.32 Å². The van der Waals surface area contributed by atoms with E-state index >= 15 is 0 Å². The third-order valence-corrected chi connectivity index (χ3v) is 4.76. The molecule has 5 rings (SSSR count). The lowest BCUT2D eigenvalue weighted by molar-refractivity contribution is 0.666. The highest BCUT2D eigenvalue weighted by atomic mass is 16.3. The summed E-state index contributed by atoms with van der Waals surface area (Å²) in [5, 5.41) is 4.35. The van der Waals surface area contributed by atoms with E-state index in [0.29, 0.717) is 17.9 Å². The first-order chi connectivity index (χ1) is 12.7. The van der Waals surface area contributed by atoms with Crippen molar-refractivity contribution in [1.29, 1.82) is 0 Å². The smallest absolute Gasteiger partial charge is 0.196 e. The molecule has 0 saturated heterocycles. The van der Waals surface area contributed by atoms with E-state index in [2.05, 4.69) is 32.8 Å². The van der Waals surface area contributed by atoms with Crippen LogP contribution in [0.5, 0.6) is 0 Å². The minimum absolute atomic E-state index is 0.549. The number of anilines is 1. The minimum atomic E-state index is 0.549. The van der Waals surface area contributed by atoms with Gasteiger partial charge in [0.2, 0.25) is 0 Å². The Morgan fingerprint density at radius 1 is 1.08 bits per heavy atom. The lowest BCUT2D eigenvalue weighted by atomic mass is 10.2. The monoisotopic (exact) mass is 343 g/mol. The third kappa shape index (κ3) is 2.15. The van der Waals surface area contributed by atoms with Crippen LogP contribution in [-0.2, 0) is 13.6 Å². The van der Waals surface area contributed by atoms with Crippen LogP contribution in [-0.4, -0.2) is 19.5 Å². The van der Waals surface area contributed by atoms with E-state index in [1.165, 1.54) is 5.56 Å². The van der Waals surface area contributed by atoms with Gasteiger partial charge in [-0.15, -0.1) is 0 Å². The zero-order valence-electron chi connectivity index (χ0n) is 14.5. The maximum Gasteiger partial charge on any atom is 0.196 e. The van der Waals surface area contributed by atoms with Gasteiger partial charge < -0.3 is 14.3 Å². The number of rotatable bonds is 3. The van der Waals surface area contributed by atoms with Crippen LogP contribution in [0.1, 0.15) is 11.4 Å².